The van der Waals surface area contributed by atoms with Crippen molar-refractivity contribution < 1.29 is 4.39 Å². The highest BCUT2D eigenvalue weighted by Crippen LogP contribution is 2.28. The lowest BCUT2D eigenvalue weighted by Gasteiger charge is -2.24. The highest BCUT2D eigenvalue weighted by Gasteiger charge is 2.12. The van der Waals surface area contributed by atoms with Crippen LogP contribution in [0.1, 0.15) is 18.1 Å². The Kier molecular flexibility index (Phi) is 3.82. The van der Waals surface area contributed by atoms with Gasteiger partial charge in [0.1, 0.15) is 5.82 Å². The Morgan fingerprint density at radius 2 is 2.00 bits per heavy atom. The first-order chi connectivity index (χ1) is 9.15. The molecule has 0 amide bonds. The van der Waals surface area contributed by atoms with Crippen molar-refractivity contribution in [3.05, 3.63) is 59.4 Å². The van der Waals surface area contributed by atoms with Gasteiger partial charge in [0.05, 0.1) is 17.3 Å². The fraction of sp³-hybridized carbons (Fsp3) is 0.188. The molecular weight excluding hydrogens is 239 g/mol. The molecule has 0 aliphatic carbocycles. The summed E-state index contributed by atoms with van der Waals surface area (Å²) in [4.78, 5) is 1.89. The Morgan fingerprint density at radius 1 is 1.21 bits per heavy atom. The van der Waals surface area contributed by atoms with Crippen molar-refractivity contribution in [2.75, 3.05) is 11.4 Å². The second-order valence-electron chi connectivity index (χ2n) is 4.36. The summed E-state index contributed by atoms with van der Waals surface area (Å²) >= 11 is 0. The molecule has 0 N–H and O–H groups in total. The molecule has 0 atom stereocenters. The fourth-order valence-electron chi connectivity index (χ4n) is 2.08. The number of halogens is 1. The Labute approximate surface area is 112 Å². The van der Waals surface area contributed by atoms with E-state index in [9.17, 15) is 4.39 Å². The van der Waals surface area contributed by atoms with E-state index in [1.807, 2.05) is 49.1 Å². The van der Waals surface area contributed by atoms with Crippen LogP contribution in [0.15, 0.2) is 42.5 Å². The lowest BCUT2D eigenvalue weighted by Crippen LogP contribution is -2.17. The molecule has 2 aromatic rings. The Bertz CT molecular complexity index is 629. The first-order valence-corrected chi connectivity index (χ1v) is 6.19. The maximum atomic E-state index is 14.1. The molecule has 0 saturated carbocycles. The Morgan fingerprint density at radius 3 is 2.58 bits per heavy atom. The van der Waals surface area contributed by atoms with Gasteiger partial charge in [-0.25, -0.2) is 4.39 Å². The summed E-state index contributed by atoms with van der Waals surface area (Å²) in [6.45, 7) is 4.64. The number of aryl methyl sites for hydroxylation is 1. The van der Waals surface area contributed by atoms with Gasteiger partial charge < -0.3 is 4.90 Å². The van der Waals surface area contributed by atoms with E-state index < -0.39 is 0 Å². The van der Waals surface area contributed by atoms with Crippen LogP contribution in [0.5, 0.6) is 0 Å². The molecule has 0 bridgehead atoms. The van der Waals surface area contributed by atoms with Crippen LogP contribution in [0.3, 0.4) is 0 Å². The minimum absolute atomic E-state index is 0.335. The van der Waals surface area contributed by atoms with Crippen LogP contribution < -0.4 is 4.90 Å². The summed E-state index contributed by atoms with van der Waals surface area (Å²) < 4.78 is 14.1. The van der Waals surface area contributed by atoms with Crippen molar-refractivity contribution in [3.63, 3.8) is 0 Å². The van der Waals surface area contributed by atoms with Gasteiger partial charge in [0.15, 0.2) is 0 Å². The summed E-state index contributed by atoms with van der Waals surface area (Å²) in [5, 5.41) is 8.77. The third-order valence-electron chi connectivity index (χ3n) is 3.00. The number of nitrogens with zero attached hydrogens (tertiary/aromatic N) is 2. The molecule has 0 aliphatic rings. The van der Waals surface area contributed by atoms with Gasteiger partial charge in [0.25, 0.3) is 0 Å². The van der Waals surface area contributed by atoms with Crippen molar-refractivity contribution >= 4 is 11.4 Å². The van der Waals surface area contributed by atoms with Gasteiger partial charge in [-0.05, 0) is 49.7 Å². The molecule has 0 heterocycles. The summed E-state index contributed by atoms with van der Waals surface area (Å²) in [6, 6.07) is 14.4. The van der Waals surface area contributed by atoms with Gasteiger partial charge in [-0.3, -0.25) is 0 Å². The first kappa shape index (κ1) is 13.1. The Balaban J connectivity index is 2.46. The van der Waals surface area contributed by atoms with E-state index in [-0.39, 0.29) is 5.82 Å². The van der Waals surface area contributed by atoms with Crippen molar-refractivity contribution in [2.45, 2.75) is 13.8 Å². The number of hydrogen-bond acceptors (Lipinski definition) is 2. The molecular formula is C16H15FN2. The third kappa shape index (κ3) is 2.74. The van der Waals surface area contributed by atoms with E-state index in [2.05, 4.69) is 0 Å². The number of nitriles is 1. The van der Waals surface area contributed by atoms with Crippen molar-refractivity contribution in [2.24, 2.45) is 0 Å². The van der Waals surface area contributed by atoms with Crippen molar-refractivity contribution in [1.29, 1.82) is 5.26 Å². The zero-order valence-corrected chi connectivity index (χ0v) is 11.0. The highest BCUT2D eigenvalue weighted by molar-refractivity contribution is 5.65. The number of hydrogen-bond donors (Lipinski definition) is 0. The molecule has 0 aromatic heterocycles. The topological polar surface area (TPSA) is 27.0 Å². The zero-order chi connectivity index (χ0) is 13.8. The number of rotatable bonds is 3. The van der Waals surface area contributed by atoms with E-state index in [1.165, 1.54) is 6.07 Å². The summed E-state index contributed by atoms with van der Waals surface area (Å²) in [6.07, 6.45) is 0. The number of anilines is 2. The molecule has 3 heteroatoms. The fourth-order valence-corrected chi connectivity index (χ4v) is 2.08. The van der Waals surface area contributed by atoms with E-state index >= 15 is 0 Å². The zero-order valence-electron chi connectivity index (χ0n) is 11.0. The average molecular weight is 254 g/mol. The minimum Gasteiger partial charge on any atom is -0.339 e. The monoisotopic (exact) mass is 254 g/mol. The molecule has 2 rings (SSSR count). The van der Waals surface area contributed by atoms with Crippen LogP contribution in [-0.2, 0) is 0 Å². The third-order valence-corrected chi connectivity index (χ3v) is 3.00. The van der Waals surface area contributed by atoms with Crippen LogP contribution in [0, 0.1) is 24.1 Å². The summed E-state index contributed by atoms with van der Waals surface area (Å²) in [7, 11) is 0. The van der Waals surface area contributed by atoms with E-state index in [1.54, 1.807) is 12.1 Å². The summed E-state index contributed by atoms with van der Waals surface area (Å²) in [5.41, 5.74) is 2.91. The molecule has 0 fully saturated rings. The van der Waals surface area contributed by atoms with Gasteiger partial charge in [-0.2, -0.15) is 5.26 Å². The second kappa shape index (κ2) is 5.53. The maximum Gasteiger partial charge on any atom is 0.148 e. The molecule has 0 spiro atoms. The van der Waals surface area contributed by atoms with Gasteiger partial charge in [0, 0.05) is 12.2 Å². The standard InChI is InChI=1S/C16H15FN2/c1-3-19(14-6-4-5-12(2)9-14)16-8-7-13(11-18)10-15(16)17/h4-10H,3H2,1-2H3. The van der Waals surface area contributed by atoms with Crippen molar-refractivity contribution in [3.8, 4) is 6.07 Å². The number of benzene rings is 2. The lowest BCUT2D eigenvalue weighted by molar-refractivity contribution is 0.625. The molecule has 2 aromatic carbocycles. The highest BCUT2D eigenvalue weighted by atomic mass is 19.1. The van der Waals surface area contributed by atoms with E-state index in [0.29, 0.717) is 17.8 Å². The molecule has 19 heavy (non-hydrogen) atoms. The predicted octanol–water partition coefficient (Wildman–Crippen LogP) is 4.16. The SMILES string of the molecule is CCN(c1cccc(C)c1)c1ccc(C#N)cc1F. The summed E-state index contributed by atoms with van der Waals surface area (Å²) in [5.74, 6) is -0.373. The quantitative estimate of drug-likeness (QED) is 0.822. The average Bonchev–Trinajstić information content (AvgIpc) is 2.41. The largest absolute Gasteiger partial charge is 0.339 e. The smallest absolute Gasteiger partial charge is 0.148 e. The first-order valence-electron chi connectivity index (χ1n) is 6.19. The van der Waals surface area contributed by atoms with E-state index in [4.69, 9.17) is 5.26 Å². The van der Waals surface area contributed by atoms with Gasteiger partial charge in [0.2, 0.25) is 0 Å². The molecule has 0 radical (unpaired) electrons. The molecule has 96 valence electrons. The molecule has 0 saturated heterocycles. The maximum absolute atomic E-state index is 14.1. The van der Waals surface area contributed by atoms with Crippen molar-refractivity contribution in [1.82, 2.24) is 0 Å². The second-order valence-corrected chi connectivity index (χ2v) is 4.36. The van der Waals surface area contributed by atoms with Crippen LogP contribution in [0.4, 0.5) is 15.8 Å². The lowest BCUT2D eigenvalue weighted by atomic mass is 10.1. The normalized spacial score (nSPS) is 10.0. The van der Waals surface area contributed by atoms with E-state index in [0.717, 1.165) is 11.3 Å². The minimum atomic E-state index is -0.373. The molecule has 0 unspecified atom stereocenters. The molecule has 0 aliphatic heterocycles. The Hall–Kier alpha value is -2.34. The predicted molar refractivity (Wildman–Crippen MR) is 75.0 cm³/mol. The van der Waals surface area contributed by atoms with Gasteiger partial charge in [-0.15, -0.1) is 0 Å². The molecule has 2 nitrogen and oxygen atoms in total. The van der Waals surface area contributed by atoms with Crippen LogP contribution >= 0.6 is 0 Å². The van der Waals surface area contributed by atoms with Crippen LogP contribution in [0.25, 0.3) is 0 Å². The van der Waals surface area contributed by atoms with Gasteiger partial charge in [-0.1, -0.05) is 12.1 Å². The van der Waals surface area contributed by atoms with Crippen LogP contribution in [-0.4, -0.2) is 6.54 Å². The van der Waals surface area contributed by atoms with Gasteiger partial charge >= 0.3 is 0 Å². The van der Waals surface area contributed by atoms with Crippen LogP contribution in [0.2, 0.25) is 0 Å².